The first-order chi connectivity index (χ1) is 19.1. The Labute approximate surface area is 235 Å². The molecule has 0 bridgehead atoms. The van der Waals surface area contributed by atoms with Crippen molar-refractivity contribution >= 4 is 16.1 Å². The largest absolute Gasteiger partial charge is 0.492 e. The second-order valence-corrected chi connectivity index (χ2v) is 13.3. The summed E-state index contributed by atoms with van der Waals surface area (Å²) in [4.78, 5) is 16.7. The molecule has 2 aromatic rings. The van der Waals surface area contributed by atoms with Crippen molar-refractivity contribution in [1.82, 2.24) is 19.8 Å². The number of halogens is 1. The minimum atomic E-state index is -4.01. The molecule has 1 unspecified atom stereocenters. The smallest absolute Gasteiger partial charge is 0.317 e. The Kier molecular flexibility index (Phi) is 8.65. The number of nitrogens with zero attached hydrogens (tertiary/aromatic N) is 2. The Hall–Kier alpha value is -2.73. The molecule has 1 atom stereocenters. The number of aliphatic hydroxyl groups is 1. The molecule has 2 aliphatic heterocycles. The van der Waals surface area contributed by atoms with Gasteiger partial charge in [-0.15, -0.1) is 0 Å². The summed E-state index contributed by atoms with van der Waals surface area (Å²) < 4.78 is 49.9. The normalized spacial score (nSPS) is 24.0. The van der Waals surface area contributed by atoms with Crippen molar-refractivity contribution in [1.29, 1.82) is 0 Å². The number of carbonyl (C=O) groups excluding carboxylic acids is 1. The molecule has 2 amide bonds. The van der Waals surface area contributed by atoms with Gasteiger partial charge in [0.1, 0.15) is 16.5 Å². The van der Waals surface area contributed by atoms with Crippen molar-refractivity contribution in [2.24, 2.45) is 5.41 Å². The third kappa shape index (κ3) is 6.59. The van der Waals surface area contributed by atoms with Crippen LogP contribution in [0, 0.1) is 11.2 Å². The summed E-state index contributed by atoms with van der Waals surface area (Å²) in [6, 6.07) is 11.1. The zero-order chi connectivity index (χ0) is 28.3. The highest BCUT2D eigenvalue weighted by atomic mass is 32.2. The first kappa shape index (κ1) is 28.8. The summed E-state index contributed by atoms with van der Waals surface area (Å²) in [5.41, 5.74) is 0.473. The number of hydrogen-bond acceptors (Lipinski definition) is 6. The summed E-state index contributed by atoms with van der Waals surface area (Å²) in [5.74, 6) is -0.284. The summed E-state index contributed by atoms with van der Waals surface area (Å²) in [5, 5.41) is 13.8. The lowest BCUT2D eigenvalue weighted by molar-refractivity contribution is 0.0241. The highest BCUT2D eigenvalue weighted by Crippen LogP contribution is 2.37. The number of rotatable bonds is 2. The van der Waals surface area contributed by atoms with Gasteiger partial charge in [-0.25, -0.2) is 22.3 Å². The maximum atomic E-state index is 14.6. The van der Waals surface area contributed by atoms with E-state index in [9.17, 15) is 22.7 Å². The Bertz CT molecular complexity index is 1310. The molecule has 0 radical (unpaired) electrons. The molecule has 9 nitrogen and oxygen atoms in total. The third-order valence-electron chi connectivity index (χ3n) is 8.38. The van der Waals surface area contributed by atoms with Crippen LogP contribution < -0.4 is 14.8 Å². The van der Waals surface area contributed by atoms with Crippen LogP contribution in [0.25, 0.3) is 11.1 Å². The van der Waals surface area contributed by atoms with Crippen molar-refractivity contribution in [3.8, 4) is 16.9 Å². The van der Waals surface area contributed by atoms with E-state index in [1.54, 1.807) is 30.3 Å². The molecule has 1 saturated carbocycles. The fraction of sp³-hybridized carbons (Fsp3) is 0.552. The molecule has 1 aliphatic carbocycles. The van der Waals surface area contributed by atoms with Crippen LogP contribution in [0.4, 0.5) is 9.18 Å². The minimum absolute atomic E-state index is 0.0309. The summed E-state index contributed by atoms with van der Waals surface area (Å²) in [6.07, 6.45) is 4.77. The quantitative estimate of drug-likeness (QED) is 0.508. The average molecular weight is 575 g/mol. The zero-order valence-corrected chi connectivity index (χ0v) is 23.8. The maximum absolute atomic E-state index is 14.6. The van der Waals surface area contributed by atoms with E-state index in [2.05, 4.69) is 10.0 Å². The topological polar surface area (TPSA) is 111 Å². The van der Waals surface area contributed by atoms with Crippen LogP contribution in [0.2, 0.25) is 0 Å². The molecule has 218 valence electrons. The second-order valence-electron chi connectivity index (χ2n) is 11.6. The van der Waals surface area contributed by atoms with E-state index in [-0.39, 0.29) is 47.8 Å². The Balaban J connectivity index is 1.41. The molecule has 40 heavy (non-hydrogen) atoms. The predicted octanol–water partition coefficient (Wildman–Crippen LogP) is 3.19. The molecule has 11 heteroatoms. The number of hydrogen-bond donors (Lipinski definition) is 3. The number of ether oxygens (including phenoxy) is 1. The van der Waals surface area contributed by atoms with E-state index in [0.717, 1.165) is 25.7 Å². The number of benzene rings is 2. The number of nitrogens with one attached hydrogen (secondary N) is 2. The number of amides is 2. The third-order valence-corrected chi connectivity index (χ3v) is 9.85. The molecule has 1 saturated heterocycles. The molecule has 2 heterocycles. The van der Waals surface area contributed by atoms with Crippen LogP contribution in [0.1, 0.15) is 38.5 Å². The van der Waals surface area contributed by atoms with Crippen molar-refractivity contribution in [3.05, 3.63) is 48.3 Å². The first-order valence-corrected chi connectivity index (χ1v) is 15.6. The lowest BCUT2D eigenvalue weighted by Gasteiger charge is -2.44. The van der Waals surface area contributed by atoms with Gasteiger partial charge in [0, 0.05) is 49.7 Å². The van der Waals surface area contributed by atoms with Crippen LogP contribution >= 0.6 is 0 Å². The van der Waals surface area contributed by atoms with Gasteiger partial charge in [-0.3, -0.25) is 0 Å². The van der Waals surface area contributed by atoms with Gasteiger partial charge in [-0.2, -0.15) is 0 Å². The van der Waals surface area contributed by atoms with Crippen LogP contribution in [0.3, 0.4) is 0 Å². The molecular formula is C29H39FN4O5S. The van der Waals surface area contributed by atoms with Crippen LogP contribution in [-0.2, 0) is 10.0 Å². The highest BCUT2D eigenvalue weighted by Gasteiger charge is 2.39. The van der Waals surface area contributed by atoms with Crippen molar-refractivity contribution < 1.29 is 27.4 Å². The van der Waals surface area contributed by atoms with E-state index in [0.29, 0.717) is 43.6 Å². The zero-order valence-electron chi connectivity index (χ0n) is 22.9. The number of likely N-dealkylation sites (tertiary alicyclic amines) is 1. The molecule has 5 rings (SSSR count). The Morgan fingerprint density at radius 1 is 1.15 bits per heavy atom. The van der Waals surface area contributed by atoms with E-state index in [1.165, 1.54) is 12.1 Å². The standard InChI is InChI=1S/C29H39FN4O5S/c1-33-18-23(35)17-31-40(37,38)27-11-10-21(24-8-4-5-9-25(24)30)16-26(27)39-20-29(19-33)12-14-34(15-13-29)28(36)32-22-6-2-3-7-22/h4-5,8-11,16,22-23,31,35H,2-3,6-7,12-15,17-20H2,1H3,(H,32,36). The number of β-amino-alcohol motifs (C(OH)–C–C–N with tert-alkyl or cyclic N) is 1. The van der Waals surface area contributed by atoms with E-state index in [4.69, 9.17) is 4.74 Å². The monoisotopic (exact) mass is 574 g/mol. The van der Waals surface area contributed by atoms with Gasteiger partial charge >= 0.3 is 6.03 Å². The van der Waals surface area contributed by atoms with Gasteiger partial charge in [-0.1, -0.05) is 37.1 Å². The lowest BCUT2D eigenvalue weighted by Crippen LogP contribution is -2.54. The SMILES string of the molecule is CN1CC(O)CNS(=O)(=O)c2ccc(-c3ccccc3F)cc2OCC2(CCN(C(=O)NC3CCCC3)CC2)C1. The Morgan fingerprint density at radius 2 is 1.88 bits per heavy atom. The molecule has 3 aliphatic rings. The molecule has 1 spiro atoms. The van der Waals surface area contributed by atoms with Gasteiger partial charge in [-0.05, 0) is 56.5 Å². The molecular weight excluding hydrogens is 535 g/mol. The number of carbonyl (C=O) groups is 1. The van der Waals surface area contributed by atoms with Gasteiger partial charge in [0.25, 0.3) is 0 Å². The maximum Gasteiger partial charge on any atom is 0.317 e. The number of aliphatic hydroxyl groups excluding tert-OH is 1. The number of likely N-dealkylation sites (N-methyl/N-ethyl adjacent to an activating group) is 1. The minimum Gasteiger partial charge on any atom is -0.492 e. The first-order valence-electron chi connectivity index (χ1n) is 14.1. The van der Waals surface area contributed by atoms with Gasteiger partial charge < -0.3 is 25.0 Å². The number of sulfonamides is 1. The summed E-state index contributed by atoms with van der Waals surface area (Å²) in [6.45, 7) is 2.07. The van der Waals surface area contributed by atoms with Gasteiger partial charge in [0.05, 0.1) is 12.7 Å². The van der Waals surface area contributed by atoms with Crippen molar-refractivity contribution in [2.75, 3.05) is 46.4 Å². The molecule has 2 fully saturated rings. The summed E-state index contributed by atoms with van der Waals surface area (Å²) >= 11 is 0. The molecule has 2 aromatic carbocycles. The van der Waals surface area contributed by atoms with E-state index in [1.807, 2.05) is 16.8 Å². The fourth-order valence-corrected chi connectivity index (χ4v) is 7.35. The van der Waals surface area contributed by atoms with Crippen molar-refractivity contribution in [3.63, 3.8) is 0 Å². The second kappa shape index (κ2) is 12.0. The average Bonchev–Trinajstić information content (AvgIpc) is 3.44. The lowest BCUT2D eigenvalue weighted by atomic mass is 9.78. The molecule has 3 N–H and O–H groups in total. The van der Waals surface area contributed by atoms with Crippen LogP contribution in [0.15, 0.2) is 47.4 Å². The molecule has 0 aromatic heterocycles. The number of fused-ring (bicyclic) bond motifs is 1. The number of piperidine rings is 1. The van der Waals surface area contributed by atoms with Crippen LogP contribution in [0.5, 0.6) is 5.75 Å². The van der Waals surface area contributed by atoms with Crippen LogP contribution in [-0.4, -0.2) is 87.9 Å². The van der Waals surface area contributed by atoms with E-state index < -0.39 is 21.9 Å². The fourth-order valence-electron chi connectivity index (χ4n) is 6.15. The Morgan fingerprint density at radius 3 is 2.60 bits per heavy atom. The summed E-state index contributed by atoms with van der Waals surface area (Å²) in [7, 11) is -2.11. The van der Waals surface area contributed by atoms with Gasteiger partial charge in [0.15, 0.2) is 0 Å². The van der Waals surface area contributed by atoms with Crippen molar-refractivity contribution in [2.45, 2.75) is 55.6 Å². The highest BCUT2D eigenvalue weighted by molar-refractivity contribution is 7.89. The van der Waals surface area contributed by atoms with Gasteiger partial charge in [0.2, 0.25) is 10.0 Å². The van der Waals surface area contributed by atoms with E-state index >= 15 is 0 Å². The predicted molar refractivity (Wildman–Crippen MR) is 150 cm³/mol. The number of urea groups is 1.